The molecule has 3 nitrogen and oxygen atoms in total. The monoisotopic (exact) mass is 232 g/mol. The lowest BCUT2D eigenvalue weighted by atomic mass is 10.2. The third-order valence-corrected chi connectivity index (χ3v) is 4.28. The fraction of sp³-hybridized carbons (Fsp3) is 1.00. The van der Waals surface area contributed by atoms with E-state index in [9.17, 15) is 0 Å². The topological polar surface area (TPSA) is 24.5 Å². The summed E-state index contributed by atoms with van der Waals surface area (Å²) in [4.78, 5) is 2.31. The van der Waals surface area contributed by atoms with Gasteiger partial charge in [-0.1, -0.05) is 6.92 Å². The van der Waals surface area contributed by atoms with E-state index in [4.69, 9.17) is 4.74 Å². The van der Waals surface area contributed by atoms with E-state index in [0.29, 0.717) is 0 Å². The maximum atomic E-state index is 5.04. The van der Waals surface area contributed by atoms with Gasteiger partial charge in [-0.25, -0.2) is 0 Å². The fourth-order valence-corrected chi connectivity index (χ4v) is 3.03. The largest absolute Gasteiger partial charge is 0.383 e. The van der Waals surface area contributed by atoms with Crippen molar-refractivity contribution < 1.29 is 4.74 Å². The van der Waals surface area contributed by atoms with Crippen LogP contribution in [0.1, 0.15) is 13.3 Å². The van der Waals surface area contributed by atoms with Gasteiger partial charge in [-0.05, 0) is 19.2 Å². The van der Waals surface area contributed by atoms with E-state index in [1.165, 1.54) is 12.2 Å². The van der Waals surface area contributed by atoms with Crippen LogP contribution in [0.4, 0.5) is 0 Å². The normalized spacial score (nSPS) is 26.4. The van der Waals surface area contributed by atoms with Crippen LogP contribution in [0.5, 0.6) is 0 Å². The van der Waals surface area contributed by atoms with Gasteiger partial charge in [0.1, 0.15) is 0 Å². The summed E-state index contributed by atoms with van der Waals surface area (Å²) >= 11 is 2.08. The Balaban J connectivity index is 2.00. The molecular weight excluding hydrogens is 208 g/mol. The van der Waals surface area contributed by atoms with Gasteiger partial charge in [-0.3, -0.25) is 0 Å². The first-order valence-corrected chi connectivity index (χ1v) is 6.81. The maximum absolute atomic E-state index is 5.04. The van der Waals surface area contributed by atoms with Crippen LogP contribution in [0, 0.1) is 0 Å². The quantitative estimate of drug-likeness (QED) is 0.709. The summed E-state index contributed by atoms with van der Waals surface area (Å²) < 4.78 is 5.04. The van der Waals surface area contributed by atoms with Gasteiger partial charge in [-0.2, -0.15) is 11.8 Å². The Labute approximate surface area is 97.9 Å². The number of rotatable bonds is 7. The Morgan fingerprint density at radius 1 is 1.47 bits per heavy atom. The Bertz CT molecular complexity index is 169. The second-order valence-corrected chi connectivity index (χ2v) is 5.71. The summed E-state index contributed by atoms with van der Waals surface area (Å²) in [6.07, 6.45) is 1.33. The van der Waals surface area contributed by atoms with Crippen molar-refractivity contribution in [3.8, 4) is 0 Å². The first-order valence-electron chi connectivity index (χ1n) is 5.76. The average Bonchev–Trinajstić information content (AvgIpc) is 2.61. The molecule has 0 aromatic heterocycles. The number of thioether (sulfide) groups is 1. The van der Waals surface area contributed by atoms with Crippen LogP contribution in [-0.2, 0) is 4.74 Å². The molecule has 15 heavy (non-hydrogen) atoms. The molecule has 0 spiro atoms. The lowest BCUT2D eigenvalue weighted by molar-refractivity contribution is 0.161. The molecule has 2 unspecified atom stereocenters. The molecule has 1 rings (SSSR count). The molecule has 0 amide bonds. The van der Waals surface area contributed by atoms with Gasteiger partial charge in [0.25, 0.3) is 0 Å². The molecular formula is C11H24N2OS. The predicted molar refractivity (Wildman–Crippen MR) is 67.7 cm³/mol. The third-order valence-electron chi connectivity index (χ3n) is 2.95. The number of nitrogens with one attached hydrogen (secondary N) is 1. The van der Waals surface area contributed by atoms with Gasteiger partial charge < -0.3 is 15.0 Å². The highest BCUT2D eigenvalue weighted by Crippen LogP contribution is 2.25. The molecule has 1 aliphatic rings. The van der Waals surface area contributed by atoms with Crippen molar-refractivity contribution in [1.29, 1.82) is 0 Å². The molecule has 0 aliphatic carbocycles. The molecule has 0 radical (unpaired) electrons. The van der Waals surface area contributed by atoms with Crippen LogP contribution in [0.2, 0.25) is 0 Å². The van der Waals surface area contributed by atoms with Crippen LogP contribution < -0.4 is 5.32 Å². The smallest absolute Gasteiger partial charge is 0.0589 e. The molecule has 1 saturated heterocycles. The lowest BCUT2D eigenvalue weighted by Gasteiger charge is -2.20. The number of hydrogen-bond donors (Lipinski definition) is 1. The summed E-state index contributed by atoms with van der Waals surface area (Å²) in [6.45, 7) is 6.37. The molecule has 0 bridgehead atoms. The van der Waals surface area contributed by atoms with Crippen LogP contribution in [0.15, 0.2) is 0 Å². The number of ether oxygens (including phenoxy) is 1. The molecule has 1 fully saturated rings. The van der Waals surface area contributed by atoms with E-state index < -0.39 is 0 Å². The maximum Gasteiger partial charge on any atom is 0.0589 e. The first-order chi connectivity index (χ1) is 7.24. The number of hydrogen-bond acceptors (Lipinski definition) is 4. The Morgan fingerprint density at radius 3 is 2.87 bits per heavy atom. The second kappa shape index (κ2) is 7.49. The first kappa shape index (κ1) is 13.3. The highest BCUT2D eigenvalue weighted by molar-refractivity contribution is 8.00. The molecule has 90 valence electrons. The number of nitrogens with zero attached hydrogens (tertiary/aromatic N) is 1. The van der Waals surface area contributed by atoms with Crippen molar-refractivity contribution in [2.45, 2.75) is 24.6 Å². The molecule has 0 aromatic carbocycles. The Kier molecular flexibility index (Phi) is 6.64. The van der Waals surface area contributed by atoms with Crippen molar-refractivity contribution in [2.24, 2.45) is 0 Å². The van der Waals surface area contributed by atoms with Gasteiger partial charge in [0, 0.05) is 38.0 Å². The summed E-state index contributed by atoms with van der Waals surface area (Å²) in [6, 6.07) is 0.728. The Hall–Kier alpha value is 0.230. The summed E-state index contributed by atoms with van der Waals surface area (Å²) in [5, 5.41) is 4.42. The predicted octanol–water partition coefficient (Wildman–Crippen LogP) is 1.05. The summed E-state index contributed by atoms with van der Waals surface area (Å²) in [7, 11) is 3.90. The van der Waals surface area contributed by atoms with Gasteiger partial charge in [0.05, 0.1) is 6.61 Å². The molecule has 1 N–H and O–H groups in total. The highest BCUT2D eigenvalue weighted by Gasteiger charge is 2.22. The van der Waals surface area contributed by atoms with Crippen LogP contribution in [-0.4, -0.2) is 62.3 Å². The Morgan fingerprint density at radius 2 is 2.27 bits per heavy atom. The lowest BCUT2D eigenvalue weighted by Crippen LogP contribution is -2.39. The SMILES string of the molecule is COCCN(C)CCNC1CCSC1C. The molecule has 1 aliphatic heterocycles. The van der Waals surface area contributed by atoms with Crippen LogP contribution in [0.25, 0.3) is 0 Å². The molecule has 2 atom stereocenters. The van der Waals surface area contributed by atoms with Crippen molar-refractivity contribution in [3.63, 3.8) is 0 Å². The minimum atomic E-state index is 0.728. The van der Waals surface area contributed by atoms with Gasteiger partial charge >= 0.3 is 0 Å². The second-order valence-electron chi connectivity index (χ2n) is 4.22. The van der Waals surface area contributed by atoms with Gasteiger partial charge in [0.2, 0.25) is 0 Å². The van der Waals surface area contributed by atoms with Gasteiger partial charge in [0.15, 0.2) is 0 Å². The van der Waals surface area contributed by atoms with E-state index in [0.717, 1.165) is 37.5 Å². The van der Waals surface area contributed by atoms with Crippen molar-refractivity contribution >= 4 is 11.8 Å². The zero-order chi connectivity index (χ0) is 11.1. The van der Waals surface area contributed by atoms with E-state index in [-0.39, 0.29) is 0 Å². The van der Waals surface area contributed by atoms with Crippen LogP contribution in [0.3, 0.4) is 0 Å². The third kappa shape index (κ3) is 5.20. The molecule has 1 heterocycles. The minimum Gasteiger partial charge on any atom is -0.383 e. The standard InChI is InChI=1S/C11H24N2OS/c1-10-11(4-9-15-10)12-5-6-13(2)7-8-14-3/h10-12H,4-9H2,1-3H3. The summed E-state index contributed by atoms with van der Waals surface area (Å²) in [5.74, 6) is 1.32. The zero-order valence-electron chi connectivity index (χ0n) is 10.2. The van der Waals surface area contributed by atoms with E-state index >= 15 is 0 Å². The van der Waals surface area contributed by atoms with E-state index in [1.54, 1.807) is 7.11 Å². The molecule has 0 saturated carbocycles. The number of methoxy groups -OCH3 is 1. The van der Waals surface area contributed by atoms with Crippen molar-refractivity contribution in [1.82, 2.24) is 10.2 Å². The molecule has 4 heteroatoms. The summed E-state index contributed by atoms with van der Waals surface area (Å²) in [5.41, 5.74) is 0. The van der Waals surface area contributed by atoms with Gasteiger partial charge in [-0.15, -0.1) is 0 Å². The zero-order valence-corrected chi connectivity index (χ0v) is 11.0. The van der Waals surface area contributed by atoms with E-state index in [1.807, 2.05) is 0 Å². The van der Waals surface area contributed by atoms with Crippen molar-refractivity contribution in [2.75, 3.05) is 46.2 Å². The van der Waals surface area contributed by atoms with Crippen LogP contribution >= 0.6 is 11.8 Å². The minimum absolute atomic E-state index is 0.728. The average molecular weight is 232 g/mol. The molecule has 0 aromatic rings. The number of likely N-dealkylation sites (N-methyl/N-ethyl adjacent to an activating group) is 1. The van der Waals surface area contributed by atoms with E-state index in [2.05, 4.69) is 35.9 Å². The fourth-order valence-electron chi connectivity index (χ4n) is 1.80. The highest BCUT2D eigenvalue weighted by atomic mass is 32.2. The van der Waals surface area contributed by atoms with Crippen molar-refractivity contribution in [3.05, 3.63) is 0 Å².